The van der Waals surface area contributed by atoms with Gasteiger partial charge in [0, 0.05) is 31.6 Å². The first kappa shape index (κ1) is 29.0. The summed E-state index contributed by atoms with van der Waals surface area (Å²) in [7, 11) is 1.41. The van der Waals surface area contributed by atoms with Crippen LogP contribution in [-0.4, -0.2) is 38.3 Å². The molecule has 1 amide bonds. The van der Waals surface area contributed by atoms with Crippen LogP contribution in [-0.2, 0) is 25.6 Å². The smallest absolute Gasteiger partial charge is 0.337 e. The predicted molar refractivity (Wildman–Crippen MR) is 142 cm³/mol. The maximum atomic E-state index is 13.2. The number of benzene rings is 2. The zero-order valence-corrected chi connectivity index (χ0v) is 23.0. The van der Waals surface area contributed by atoms with E-state index in [9.17, 15) is 32.9 Å². The molecule has 11 heteroatoms. The monoisotopic (exact) mass is 556 g/mol. The molecule has 1 aliphatic rings. The van der Waals surface area contributed by atoms with Crippen molar-refractivity contribution in [2.75, 3.05) is 7.05 Å². The van der Waals surface area contributed by atoms with E-state index in [-0.39, 0.29) is 46.2 Å². The summed E-state index contributed by atoms with van der Waals surface area (Å²) < 4.78 is 40.7. The van der Waals surface area contributed by atoms with E-state index in [0.29, 0.717) is 36.2 Å². The number of carbonyl (C=O) groups is 2. The fourth-order valence-electron chi connectivity index (χ4n) is 5.15. The van der Waals surface area contributed by atoms with E-state index in [2.05, 4.69) is 5.10 Å². The average Bonchev–Trinajstić information content (AvgIpc) is 3.18. The fourth-order valence-corrected chi connectivity index (χ4v) is 5.15. The molecule has 0 unspecified atom stereocenters. The first-order valence-electron chi connectivity index (χ1n) is 12.9. The van der Waals surface area contributed by atoms with Gasteiger partial charge in [-0.3, -0.25) is 19.7 Å². The van der Waals surface area contributed by atoms with Gasteiger partial charge in [0.15, 0.2) is 5.78 Å². The molecule has 1 aliphatic carbocycles. The third-order valence-electron chi connectivity index (χ3n) is 6.89. The number of carbonyl (C=O) groups excluding carboxylic acids is 2. The maximum absolute atomic E-state index is 13.2. The van der Waals surface area contributed by atoms with E-state index < -0.39 is 22.6 Å². The lowest BCUT2D eigenvalue weighted by Gasteiger charge is -2.29. The molecule has 0 bridgehead atoms. The van der Waals surface area contributed by atoms with E-state index in [1.165, 1.54) is 40.9 Å². The Kier molecular flexibility index (Phi) is 7.62. The molecule has 4 rings (SSSR count). The second kappa shape index (κ2) is 10.5. The van der Waals surface area contributed by atoms with Gasteiger partial charge in [-0.15, -0.1) is 0 Å². The van der Waals surface area contributed by atoms with Gasteiger partial charge < -0.3 is 4.90 Å². The second-order valence-electron chi connectivity index (χ2n) is 11.5. The van der Waals surface area contributed by atoms with Gasteiger partial charge in [-0.25, -0.2) is 4.68 Å². The lowest BCUT2D eigenvalue weighted by Crippen LogP contribution is -2.28. The molecule has 1 heterocycles. The number of hydrogen-bond donors (Lipinski definition) is 0. The van der Waals surface area contributed by atoms with Crippen LogP contribution in [0.15, 0.2) is 42.5 Å². The Bertz CT molecular complexity index is 1490. The summed E-state index contributed by atoms with van der Waals surface area (Å²) in [5, 5.41) is 16.8. The van der Waals surface area contributed by atoms with Gasteiger partial charge in [-0.1, -0.05) is 39.8 Å². The molecular weight excluding hydrogens is 525 g/mol. The third kappa shape index (κ3) is 5.93. The number of halogens is 3. The Morgan fingerprint density at radius 1 is 1.18 bits per heavy atom. The maximum Gasteiger partial charge on any atom is 0.416 e. The summed E-state index contributed by atoms with van der Waals surface area (Å²) in [6.45, 7) is 7.80. The van der Waals surface area contributed by atoms with Gasteiger partial charge >= 0.3 is 6.18 Å². The van der Waals surface area contributed by atoms with Crippen molar-refractivity contribution in [3.05, 3.63) is 86.2 Å². The molecule has 8 nitrogen and oxygen atoms in total. The van der Waals surface area contributed by atoms with Crippen LogP contribution in [0.4, 0.5) is 18.9 Å². The first-order valence-corrected chi connectivity index (χ1v) is 12.9. The summed E-state index contributed by atoms with van der Waals surface area (Å²) in [4.78, 5) is 39.0. The number of nitrogens with zero attached hydrogens (tertiary/aromatic N) is 4. The molecule has 212 valence electrons. The number of nitro groups is 1. The molecule has 0 fully saturated rings. The number of nitro benzene ring substituents is 1. The fraction of sp³-hybridized carbons (Fsp3) is 0.414. The highest BCUT2D eigenvalue weighted by atomic mass is 19.4. The van der Waals surface area contributed by atoms with Crippen molar-refractivity contribution in [3.8, 4) is 5.69 Å². The topological polar surface area (TPSA) is 98.3 Å². The molecule has 0 saturated heterocycles. The Morgan fingerprint density at radius 2 is 1.88 bits per heavy atom. The average molecular weight is 557 g/mol. The first-order chi connectivity index (χ1) is 18.6. The Balaban J connectivity index is 1.71. The number of Topliss-reactive ketones (excluding diaryl/α,β-unsaturated/α-hetero) is 1. The highest BCUT2D eigenvalue weighted by Gasteiger charge is 2.38. The lowest BCUT2D eigenvalue weighted by atomic mass is 9.75. The molecule has 0 radical (unpaired) electrons. The van der Waals surface area contributed by atoms with Gasteiger partial charge in [-0.05, 0) is 54.0 Å². The number of fused-ring (bicyclic) bond motifs is 1. The Labute approximate surface area is 229 Å². The van der Waals surface area contributed by atoms with Crippen LogP contribution in [0.5, 0.6) is 0 Å². The van der Waals surface area contributed by atoms with Gasteiger partial charge in [0.2, 0.25) is 0 Å². The minimum Gasteiger partial charge on any atom is -0.337 e. The molecule has 3 aromatic rings. The third-order valence-corrected chi connectivity index (χ3v) is 6.89. The Morgan fingerprint density at radius 3 is 2.50 bits per heavy atom. The van der Waals surface area contributed by atoms with Crippen molar-refractivity contribution in [2.45, 2.75) is 59.7 Å². The highest BCUT2D eigenvalue weighted by molar-refractivity contribution is 6.00. The largest absolute Gasteiger partial charge is 0.416 e. The normalized spacial score (nSPS) is 14.8. The summed E-state index contributed by atoms with van der Waals surface area (Å²) in [6.07, 6.45) is -3.14. The van der Waals surface area contributed by atoms with Crippen LogP contribution in [0.2, 0.25) is 0 Å². The SMILES string of the molecule is CC(C)Cc1nn(-c2ccc(C(=O)N(C)Cc3cccc(C(F)(F)F)c3)cc2[N+](=O)[O-])c2c1C(=O)CC(C)(C)C2. The van der Waals surface area contributed by atoms with Gasteiger partial charge in [0.1, 0.15) is 5.69 Å². The van der Waals surface area contributed by atoms with Gasteiger partial charge in [0.25, 0.3) is 11.6 Å². The predicted octanol–water partition coefficient (Wildman–Crippen LogP) is 6.43. The van der Waals surface area contributed by atoms with Gasteiger partial charge in [-0.2, -0.15) is 18.3 Å². The van der Waals surface area contributed by atoms with Crippen molar-refractivity contribution in [3.63, 3.8) is 0 Å². The summed E-state index contributed by atoms with van der Waals surface area (Å²) >= 11 is 0. The number of amides is 1. The number of ketones is 1. The molecule has 40 heavy (non-hydrogen) atoms. The number of alkyl halides is 3. The van der Waals surface area contributed by atoms with Crippen molar-refractivity contribution < 1.29 is 27.7 Å². The summed E-state index contributed by atoms with van der Waals surface area (Å²) in [5.74, 6) is -0.428. The zero-order chi connectivity index (χ0) is 29.6. The van der Waals surface area contributed by atoms with E-state index in [1.807, 2.05) is 27.7 Å². The minimum absolute atomic E-state index is 0.00441. The zero-order valence-electron chi connectivity index (χ0n) is 23.0. The molecule has 0 spiro atoms. The highest BCUT2D eigenvalue weighted by Crippen LogP contribution is 2.39. The quantitative estimate of drug-likeness (QED) is 0.247. The summed E-state index contributed by atoms with van der Waals surface area (Å²) in [5.41, 5.74) is 0.592. The second-order valence-corrected chi connectivity index (χ2v) is 11.5. The van der Waals surface area contributed by atoms with Crippen molar-refractivity contribution in [2.24, 2.45) is 11.3 Å². The van der Waals surface area contributed by atoms with Crippen LogP contribution in [0.3, 0.4) is 0 Å². The molecule has 0 atom stereocenters. The van der Waals surface area contributed by atoms with Crippen molar-refractivity contribution in [1.29, 1.82) is 0 Å². The van der Waals surface area contributed by atoms with E-state index in [1.54, 1.807) is 0 Å². The van der Waals surface area contributed by atoms with Crippen LogP contribution < -0.4 is 0 Å². The van der Waals surface area contributed by atoms with Crippen molar-refractivity contribution in [1.82, 2.24) is 14.7 Å². The number of rotatable bonds is 7. The molecule has 1 aromatic heterocycles. The lowest BCUT2D eigenvalue weighted by molar-refractivity contribution is -0.384. The molecule has 0 saturated carbocycles. The van der Waals surface area contributed by atoms with Gasteiger partial charge in [0.05, 0.1) is 27.4 Å². The van der Waals surface area contributed by atoms with E-state index in [4.69, 9.17) is 0 Å². The number of hydrogen-bond acceptors (Lipinski definition) is 5. The van der Waals surface area contributed by atoms with Crippen molar-refractivity contribution >= 4 is 17.4 Å². The van der Waals surface area contributed by atoms with Crippen LogP contribution in [0.25, 0.3) is 5.69 Å². The number of aromatic nitrogens is 2. The summed E-state index contributed by atoms with van der Waals surface area (Å²) in [6, 6.07) is 8.66. The van der Waals surface area contributed by atoms with Crippen LogP contribution >= 0.6 is 0 Å². The van der Waals surface area contributed by atoms with Crippen LogP contribution in [0.1, 0.15) is 77.3 Å². The van der Waals surface area contributed by atoms with E-state index in [0.717, 1.165) is 18.2 Å². The molecular formula is C29H31F3N4O4. The molecule has 0 N–H and O–H groups in total. The molecule has 0 aliphatic heterocycles. The van der Waals surface area contributed by atoms with Crippen LogP contribution in [0, 0.1) is 21.4 Å². The Hall–Kier alpha value is -4.02. The van der Waals surface area contributed by atoms with E-state index >= 15 is 0 Å². The molecule has 2 aromatic carbocycles. The minimum atomic E-state index is -4.52. The standard InChI is InChI=1S/C29H31F3N4O4/c1-17(2)11-21-26-24(14-28(3,4)15-25(26)37)35(33-21)22-10-9-19(13-23(22)36(39)40)27(38)34(5)16-18-7-6-8-20(12-18)29(30,31)32/h6-10,12-13,17H,11,14-16H2,1-5H3.